The van der Waals surface area contributed by atoms with Gasteiger partial charge in [-0.05, 0) is 30.3 Å². The summed E-state index contributed by atoms with van der Waals surface area (Å²) in [5.74, 6) is 0.256. The largest absolute Gasteiger partial charge is 0.369 e. The quantitative estimate of drug-likeness (QED) is 0.779. The average Bonchev–Trinajstić information content (AvgIpc) is 2.73. The second-order valence-corrected chi connectivity index (χ2v) is 7.02. The van der Waals surface area contributed by atoms with Crippen LogP contribution < -0.4 is 5.73 Å². The van der Waals surface area contributed by atoms with E-state index in [1.165, 1.54) is 18.3 Å². The number of hydrogen-bond acceptors (Lipinski definition) is 5. The Balaban J connectivity index is 2.19. The maximum atomic E-state index is 11.5. The fourth-order valence-electron chi connectivity index (χ4n) is 2.05. The van der Waals surface area contributed by atoms with Crippen LogP contribution in [0.3, 0.4) is 0 Å². The summed E-state index contributed by atoms with van der Waals surface area (Å²) in [6.07, 6.45) is 2.67. The number of nitrogens with two attached hydrogens (primary N) is 1. The molecule has 0 aliphatic carbocycles. The molecule has 0 amide bonds. The highest BCUT2D eigenvalue weighted by molar-refractivity contribution is 7.90. The molecule has 0 saturated heterocycles. The Morgan fingerprint density at radius 3 is 2.52 bits per heavy atom. The van der Waals surface area contributed by atoms with Gasteiger partial charge in [0.2, 0.25) is 5.95 Å². The number of rotatable bonds is 2. The highest BCUT2D eigenvalue weighted by Gasteiger charge is 2.13. The predicted octanol–water partition coefficient (Wildman–Crippen LogP) is 2.06. The van der Waals surface area contributed by atoms with Crippen molar-refractivity contribution in [2.45, 2.75) is 4.90 Å². The van der Waals surface area contributed by atoms with Crippen LogP contribution in [-0.4, -0.2) is 29.2 Å². The van der Waals surface area contributed by atoms with E-state index in [1.807, 2.05) is 0 Å². The summed E-state index contributed by atoms with van der Waals surface area (Å²) in [6.45, 7) is 0. The van der Waals surface area contributed by atoms with Gasteiger partial charge in [-0.2, -0.15) is 0 Å². The summed E-state index contributed by atoms with van der Waals surface area (Å²) >= 11 is 5.88. The van der Waals surface area contributed by atoms with Crippen LogP contribution in [0, 0.1) is 0 Å². The van der Waals surface area contributed by atoms with Gasteiger partial charge in [0.25, 0.3) is 0 Å². The first-order valence-electron chi connectivity index (χ1n) is 5.96. The first-order valence-corrected chi connectivity index (χ1v) is 8.23. The highest BCUT2D eigenvalue weighted by Crippen LogP contribution is 2.24. The molecule has 8 heteroatoms. The lowest BCUT2D eigenvalue weighted by Gasteiger charge is -2.06. The number of nitrogen functional groups attached to an aromatic ring is 1. The lowest BCUT2D eigenvalue weighted by atomic mass is 10.3. The Kier molecular flexibility index (Phi) is 3.11. The molecule has 0 fully saturated rings. The third-order valence-corrected chi connectivity index (χ3v) is 4.35. The number of sulfone groups is 1. The van der Waals surface area contributed by atoms with Crippen LogP contribution in [0.5, 0.6) is 0 Å². The van der Waals surface area contributed by atoms with E-state index in [0.29, 0.717) is 21.9 Å². The molecule has 0 spiro atoms. The fourth-order valence-corrected chi connectivity index (χ4v) is 2.84. The van der Waals surface area contributed by atoms with Crippen LogP contribution >= 0.6 is 11.6 Å². The van der Waals surface area contributed by atoms with E-state index in [-0.39, 0.29) is 10.8 Å². The normalized spacial score (nSPS) is 11.9. The van der Waals surface area contributed by atoms with Crippen LogP contribution in [0.15, 0.2) is 41.4 Å². The summed E-state index contributed by atoms with van der Waals surface area (Å²) < 4.78 is 24.6. The summed E-state index contributed by atoms with van der Waals surface area (Å²) in [5.41, 5.74) is 7.72. The SMILES string of the molecule is CS(=O)(=O)c1ccc(-n2c(N)nc3cc(Cl)cnc32)cc1. The summed E-state index contributed by atoms with van der Waals surface area (Å²) in [6, 6.07) is 8.02. The molecule has 2 N–H and O–H groups in total. The molecule has 21 heavy (non-hydrogen) atoms. The van der Waals surface area contributed by atoms with Crippen molar-refractivity contribution in [2.75, 3.05) is 12.0 Å². The molecule has 0 aliphatic heterocycles. The smallest absolute Gasteiger partial charge is 0.207 e. The van der Waals surface area contributed by atoms with Crippen LogP contribution in [0.25, 0.3) is 16.9 Å². The molecular formula is C13H11ClN4O2S. The molecule has 3 aromatic rings. The first kappa shape index (κ1) is 13.8. The Labute approximate surface area is 126 Å². The third-order valence-electron chi connectivity index (χ3n) is 3.01. The van der Waals surface area contributed by atoms with Gasteiger partial charge in [0.1, 0.15) is 5.52 Å². The Morgan fingerprint density at radius 1 is 1.24 bits per heavy atom. The Morgan fingerprint density at radius 2 is 1.90 bits per heavy atom. The predicted molar refractivity (Wildman–Crippen MR) is 81.4 cm³/mol. The van der Waals surface area contributed by atoms with Crippen molar-refractivity contribution < 1.29 is 8.42 Å². The molecule has 0 saturated carbocycles. The second kappa shape index (κ2) is 4.71. The number of benzene rings is 1. The van der Waals surface area contributed by atoms with Crippen molar-refractivity contribution in [3.05, 3.63) is 41.6 Å². The topological polar surface area (TPSA) is 90.9 Å². The first-order chi connectivity index (χ1) is 9.86. The van der Waals surface area contributed by atoms with Gasteiger partial charge in [-0.15, -0.1) is 0 Å². The maximum absolute atomic E-state index is 11.5. The minimum Gasteiger partial charge on any atom is -0.369 e. The zero-order valence-electron chi connectivity index (χ0n) is 11.0. The summed E-state index contributed by atoms with van der Waals surface area (Å²) in [5, 5.41) is 0.472. The lowest BCUT2D eigenvalue weighted by Crippen LogP contribution is -2.02. The molecule has 0 bridgehead atoms. The van der Waals surface area contributed by atoms with E-state index in [2.05, 4.69) is 9.97 Å². The molecule has 1 aromatic carbocycles. The van der Waals surface area contributed by atoms with E-state index in [0.717, 1.165) is 6.26 Å². The highest BCUT2D eigenvalue weighted by atomic mass is 35.5. The van der Waals surface area contributed by atoms with Crippen molar-refractivity contribution in [3.8, 4) is 5.69 Å². The fraction of sp³-hybridized carbons (Fsp3) is 0.0769. The lowest BCUT2D eigenvalue weighted by molar-refractivity contribution is 0.602. The number of hydrogen-bond donors (Lipinski definition) is 1. The van der Waals surface area contributed by atoms with Crippen LogP contribution in [0.1, 0.15) is 0 Å². The number of aromatic nitrogens is 3. The molecule has 2 heterocycles. The van der Waals surface area contributed by atoms with Crippen molar-refractivity contribution >= 4 is 38.6 Å². The molecule has 0 unspecified atom stereocenters. The zero-order chi connectivity index (χ0) is 15.2. The molecule has 108 valence electrons. The standard InChI is InChI=1S/C13H11ClN4O2S/c1-21(19,20)10-4-2-9(3-5-10)18-12-11(17-13(18)15)6-8(14)7-16-12/h2-7H,1H3,(H2,15,17). The van der Waals surface area contributed by atoms with Crippen molar-refractivity contribution in [1.29, 1.82) is 0 Å². The Bertz CT molecular complexity index is 933. The van der Waals surface area contributed by atoms with Crippen LogP contribution in [0.2, 0.25) is 5.02 Å². The van der Waals surface area contributed by atoms with E-state index in [1.54, 1.807) is 22.8 Å². The summed E-state index contributed by atoms with van der Waals surface area (Å²) in [7, 11) is -3.24. The van der Waals surface area contributed by atoms with Gasteiger partial charge in [-0.1, -0.05) is 11.6 Å². The van der Waals surface area contributed by atoms with Crippen molar-refractivity contribution in [1.82, 2.24) is 14.5 Å². The minimum atomic E-state index is -3.24. The Hall–Kier alpha value is -2.12. The van der Waals surface area contributed by atoms with E-state index < -0.39 is 9.84 Å². The maximum Gasteiger partial charge on any atom is 0.207 e. The van der Waals surface area contributed by atoms with Gasteiger partial charge in [0, 0.05) is 12.5 Å². The van der Waals surface area contributed by atoms with Gasteiger partial charge in [-0.25, -0.2) is 18.4 Å². The van der Waals surface area contributed by atoms with E-state index >= 15 is 0 Å². The number of fused-ring (bicyclic) bond motifs is 1. The molecule has 0 atom stereocenters. The number of imidazole rings is 1. The molecular weight excluding hydrogens is 312 g/mol. The minimum absolute atomic E-state index is 0.241. The van der Waals surface area contributed by atoms with Gasteiger partial charge in [0.05, 0.1) is 15.6 Å². The van der Waals surface area contributed by atoms with Crippen LogP contribution in [-0.2, 0) is 9.84 Å². The second-order valence-electron chi connectivity index (χ2n) is 4.57. The third kappa shape index (κ3) is 2.45. The number of anilines is 1. The van der Waals surface area contributed by atoms with Gasteiger partial charge >= 0.3 is 0 Å². The molecule has 6 nitrogen and oxygen atoms in total. The van der Waals surface area contributed by atoms with Gasteiger partial charge in [0.15, 0.2) is 15.5 Å². The van der Waals surface area contributed by atoms with Crippen LogP contribution in [0.4, 0.5) is 5.95 Å². The number of halogens is 1. The molecule has 3 rings (SSSR count). The molecule has 0 radical (unpaired) electrons. The number of nitrogens with zero attached hydrogens (tertiary/aromatic N) is 3. The summed E-state index contributed by atoms with van der Waals surface area (Å²) in [4.78, 5) is 8.66. The van der Waals surface area contributed by atoms with Gasteiger partial charge < -0.3 is 5.73 Å². The monoisotopic (exact) mass is 322 g/mol. The average molecular weight is 323 g/mol. The number of pyridine rings is 1. The zero-order valence-corrected chi connectivity index (χ0v) is 12.6. The molecule has 2 aromatic heterocycles. The van der Waals surface area contributed by atoms with Gasteiger partial charge in [-0.3, -0.25) is 4.57 Å². The molecule has 0 aliphatic rings. The van der Waals surface area contributed by atoms with E-state index in [9.17, 15) is 8.42 Å². The van der Waals surface area contributed by atoms with Crippen molar-refractivity contribution in [2.24, 2.45) is 0 Å². The van der Waals surface area contributed by atoms with Crippen molar-refractivity contribution in [3.63, 3.8) is 0 Å². The van der Waals surface area contributed by atoms with E-state index in [4.69, 9.17) is 17.3 Å².